The monoisotopic (exact) mass is 423 g/mol. The zero-order chi connectivity index (χ0) is 20.0. The first-order chi connectivity index (χ1) is 12.8. The van der Waals surface area contributed by atoms with Crippen LogP contribution in [0.15, 0.2) is 57.5 Å². The highest BCUT2D eigenvalue weighted by Crippen LogP contribution is 2.37. The van der Waals surface area contributed by atoms with E-state index in [0.29, 0.717) is 22.4 Å². The molecule has 2 rings (SSSR count). The average Bonchev–Trinajstić information content (AvgIpc) is 2.92. The second-order valence-electron chi connectivity index (χ2n) is 6.21. The molecule has 144 valence electrons. The largest absolute Gasteiger partial charge is 0.388 e. The lowest BCUT2D eigenvalue weighted by Gasteiger charge is -2.13. The number of imidazole rings is 1. The first kappa shape index (κ1) is 21.8. The van der Waals surface area contributed by atoms with Crippen molar-refractivity contribution in [2.45, 2.75) is 49.8 Å². The number of rotatable bonds is 8. The molecule has 0 saturated heterocycles. The van der Waals surface area contributed by atoms with Gasteiger partial charge in [-0.1, -0.05) is 55.4 Å². The number of benzene rings is 1. The summed E-state index contributed by atoms with van der Waals surface area (Å²) in [4.78, 5) is 9.63. The summed E-state index contributed by atoms with van der Waals surface area (Å²) >= 11 is 13.8. The normalized spacial score (nSPS) is 12.0. The Hall–Kier alpha value is -1.53. The minimum atomic E-state index is -0.152. The lowest BCUT2D eigenvalue weighted by Crippen LogP contribution is -2.06. The van der Waals surface area contributed by atoms with E-state index in [-0.39, 0.29) is 12.5 Å². The van der Waals surface area contributed by atoms with E-state index in [1.807, 2.05) is 29.7 Å². The number of hydrogen-bond acceptors (Lipinski definition) is 4. The molecule has 0 amide bonds. The molecule has 0 unspecified atom stereocenters. The Labute approximate surface area is 174 Å². The molecule has 0 aliphatic heterocycles. The van der Waals surface area contributed by atoms with Crippen LogP contribution in [-0.4, -0.2) is 20.9 Å². The molecule has 1 aromatic carbocycles. The van der Waals surface area contributed by atoms with E-state index < -0.39 is 0 Å². The van der Waals surface area contributed by atoms with Gasteiger partial charge in [0.2, 0.25) is 0 Å². The van der Waals surface area contributed by atoms with E-state index in [9.17, 15) is 5.11 Å². The molecular formula is C20H23Cl2N3OS. The molecule has 0 spiro atoms. The van der Waals surface area contributed by atoms with Gasteiger partial charge in [-0.05, 0) is 42.7 Å². The summed E-state index contributed by atoms with van der Waals surface area (Å²) in [6.07, 6.45) is 5.26. The topological polar surface area (TPSA) is 50.4 Å². The fraction of sp³-hybridized carbons (Fsp3) is 0.300. The molecule has 0 aliphatic carbocycles. The Morgan fingerprint density at radius 1 is 1.33 bits per heavy atom. The lowest BCUT2D eigenvalue weighted by molar-refractivity contribution is 0.265. The molecule has 0 fully saturated rings. The van der Waals surface area contributed by atoms with E-state index in [1.54, 1.807) is 18.5 Å². The molecule has 7 heteroatoms. The van der Waals surface area contributed by atoms with Crippen molar-refractivity contribution in [2.75, 3.05) is 0 Å². The fourth-order valence-electron chi connectivity index (χ4n) is 2.46. The van der Waals surface area contributed by atoms with Gasteiger partial charge in [0.05, 0.1) is 5.69 Å². The van der Waals surface area contributed by atoms with Gasteiger partial charge in [0, 0.05) is 33.9 Å². The molecule has 0 atom stereocenters. The third kappa shape index (κ3) is 5.98. The maximum absolute atomic E-state index is 9.81. The molecular weight excluding hydrogens is 401 g/mol. The maximum Gasteiger partial charge on any atom is 0.136 e. The van der Waals surface area contributed by atoms with E-state index in [4.69, 9.17) is 23.2 Å². The van der Waals surface area contributed by atoms with Crippen LogP contribution in [-0.2, 0) is 13.2 Å². The van der Waals surface area contributed by atoms with Crippen molar-refractivity contribution in [1.82, 2.24) is 9.55 Å². The summed E-state index contributed by atoms with van der Waals surface area (Å²) in [5, 5.41) is 11.9. The molecule has 27 heavy (non-hydrogen) atoms. The predicted molar refractivity (Wildman–Crippen MR) is 115 cm³/mol. The lowest BCUT2D eigenvalue weighted by atomic mass is 10.1. The average molecular weight is 424 g/mol. The third-order valence-corrected chi connectivity index (χ3v) is 5.20. The zero-order valence-corrected chi connectivity index (χ0v) is 17.9. The molecule has 1 N–H and O–H groups in total. The number of aliphatic hydroxyl groups is 1. The molecule has 0 bridgehead atoms. The van der Waals surface area contributed by atoms with Crippen molar-refractivity contribution in [1.29, 1.82) is 0 Å². The number of aromatic nitrogens is 2. The Balaban J connectivity index is 2.46. The van der Waals surface area contributed by atoms with Gasteiger partial charge in [0.25, 0.3) is 0 Å². The van der Waals surface area contributed by atoms with Crippen molar-refractivity contribution in [3.63, 3.8) is 0 Å². The van der Waals surface area contributed by atoms with Crippen molar-refractivity contribution >= 4 is 41.2 Å². The highest BCUT2D eigenvalue weighted by atomic mass is 35.5. The van der Waals surface area contributed by atoms with Gasteiger partial charge < -0.3 is 9.67 Å². The summed E-state index contributed by atoms with van der Waals surface area (Å²) in [5.74, 6) is 0.796. The fourth-order valence-corrected chi connectivity index (χ4v) is 4.38. The van der Waals surface area contributed by atoms with Crippen molar-refractivity contribution in [3.05, 3.63) is 64.2 Å². The van der Waals surface area contributed by atoms with Crippen LogP contribution in [0, 0.1) is 0 Å². The van der Waals surface area contributed by atoms with E-state index >= 15 is 0 Å². The SMILES string of the molecule is C=C(/C=C\N=CC)Cn1c(CO)nc(C(C)C)c1Sc1cc(Cl)cc(Cl)c1. The quantitative estimate of drug-likeness (QED) is 0.410. The van der Waals surface area contributed by atoms with Crippen molar-refractivity contribution in [2.24, 2.45) is 4.99 Å². The Kier molecular flexibility index (Phi) is 8.17. The highest BCUT2D eigenvalue weighted by Gasteiger charge is 2.20. The Morgan fingerprint density at radius 3 is 2.56 bits per heavy atom. The first-order valence-corrected chi connectivity index (χ1v) is 10.1. The van der Waals surface area contributed by atoms with E-state index in [1.165, 1.54) is 11.8 Å². The molecule has 0 aliphatic rings. The van der Waals surface area contributed by atoms with Gasteiger partial charge in [-0.15, -0.1) is 0 Å². The standard InChI is InChI=1S/C20H23Cl2N3OS/c1-5-23-7-6-14(4)11-25-18(12-26)24-19(13(2)3)20(25)27-17-9-15(21)8-16(22)10-17/h5-10,13,26H,4,11-12H2,1-3H3/b7-6-,23-5?. The number of hydrogen-bond donors (Lipinski definition) is 1. The number of halogens is 2. The Morgan fingerprint density at radius 2 is 2.00 bits per heavy atom. The minimum Gasteiger partial charge on any atom is -0.388 e. The second-order valence-corrected chi connectivity index (χ2v) is 8.14. The Bertz CT molecular complexity index is 852. The van der Waals surface area contributed by atoms with Crippen molar-refractivity contribution in [3.8, 4) is 0 Å². The van der Waals surface area contributed by atoms with Crippen LogP contribution < -0.4 is 0 Å². The maximum atomic E-state index is 9.81. The first-order valence-electron chi connectivity index (χ1n) is 8.51. The van der Waals surface area contributed by atoms with Crippen LogP contribution >= 0.6 is 35.0 Å². The van der Waals surface area contributed by atoms with Crippen LogP contribution in [0.5, 0.6) is 0 Å². The molecule has 4 nitrogen and oxygen atoms in total. The van der Waals surface area contributed by atoms with Gasteiger partial charge >= 0.3 is 0 Å². The van der Waals surface area contributed by atoms with E-state index in [2.05, 4.69) is 30.4 Å². The summed E-state index contributed by atoms with van der Waals surface area (Å²) in [6, 6.07) is 5.43. The molecule has 1 heterocycles. The number of aliphatic imine (C=N–C) groups is 1. The van der Waals surface area contributed by atoms with Gasteiger partial charge in [-0.25, -0.2) is 4.98 Å². The van der Waals surface area contributed by atoms with Gasteiger partial charge in [0.1, 0.15) is 17.5 Å². The summed E-state index contributed by atoms with van der Waals surface area (Å²) < 4.78 is 1.98. The highest BCUT2D eigenvalue weighted by molar-refractivity contribution is 7.99. The molecule has 2 aromatic rings. The zero-order valence-electron chi connectivity index (χ0n) is 15.6. The summed E-state index contributed by atoms with van der Waals surface area (Å²) in [6.45, 7) is 10.4. The van der Waals surface area contributed by atoms with Gasteiger partial charge in [-0.2, -0.15) is 0 Å². The third-order valence-electron chi connectivity index (χ3n) is 3.67. The molecule has 0 radical (unpaired) electrons. The summed E-state index contributed by atoms with van der Waals surface area (Å²) in [7, 11) is 0. The van der Waals surface area contributed by atoms with Crippen molar-refractivity contribution < 1.29 is 5.11 Å². The second kappa shape index (κ2) is 10.1. The van der Waals surface area contributed by atoms with Crippen LogP contribution in [0.2, 0.25) is 10.0 Å². The van der Waals surface area contributed by atoms with Crippen LogP contribution in [0.4, 0.5) is 0 Å². The van der Waals surface area contributed by atoms with Crippen LogP contribution in [0.25, 0.3) is 0 Å². The minimum absolute atomic E-state index is 0.152. The smallest absolute Gasteiger partial charge is 0.136 e. The van der Waals surface area contributed by atoms with Gasteiger partial charge in [-0.3, -0.25) is 4.99 Å². The molecule has 1 aromatic heterocycles. The molecule has 0 saturated carbocycles. The summed E-state index contributed by atoms with van der Waals surface area (Å²) in [5.41, 5.74) is 1.78. The van der Waals surface area contributed by atoms with Crippen LogP contribution in [0.1, 0.15) is 38.2 Å². The number of allylic oxidation sites excluding steroid dienone is 2. The van der Waals surface area contributed by atoms with Gasteiger partial charge in [0.15, 0.2) is 0 Å². The number of nitrogens with zero attached hydrogens (tertiary/aromatic N) is 3. The van der Waals surface area contributed by atoms with E-state index in [0.717, 1.165) is 21.2 Å². The van der Waals surface area contributed by atoms with Crippen LogP contribution in [0.3, 0.4) is 0 Å². The number of aliphatic hydroxyl groups excluding tert-OH is 1. The predicted octanol–water partition coefficient (Wildman–Crippen LogP) is 6.12.